The van der Waals surface area contributed by atoms with Crippen LogP contribution in [0.4, 0.5) is 0 Å². The molecule has 0 radical (unpaired) electrons. The molecule has 2 aliphatic heterocycles. The summed E-state index contributed by atoms with van der Waals surface area (Å²) in [5.41, 5.74) is 0.798. The van der Waals surface area contributed by atoms with Crippen LogP contribution < -0.4 is 0 Å². The predicted molar refractivity (Wildman–Crippen MR) is 88.0 cm³/mol. The number of hydrogen-bond donors (Lipinski definition) is 1. The fourth-order valence-electron chi connectivity index (χ4n) is 3.88. The van der Waals surface area contributed by atoms with Crippen LogP contribution in [0.2, 0.25) is 0 Å². The van der Waals surface area contributed by atoms with Crippen LogP contribution in [0.5, 0.6) is 0 Å². The number of aliphatic hydroxyl groups excluding tert-OH is 1. The van der Waals surface area contributed by atoms with Crippen molar-refractivity contribution < 1.29 is 14.6 Å². The van der Waals surface area contributed by atoms with Gasteiger partial charge in [-0.2, -0.15) is 0 Å². The molecule has 7 heteroatoms. The fourth-order valence-corrected chi connectivity index (χ4v) is 3.88. The van der Waals surface area contributed by atoms with Gasteiger partial charge in [0.25, 0.3) is 0 Å². The van der Waals surface area contributed by atoms with Gasteiger partial charge in [0.05, 0.1) is 12.0 Å². The monoisotopic (exact) mass is 334 g/mol. The number of β-amino-alcohol motifs (C(OH)–C–C–N with tert-alkyl or cyclic N) is 1. The molecular formula is C17H26N4O3. The Morgan fingerprint density at radius 2 is 2.08 bits per heavy atom. The molecule has 1 spiro atoms. The lowest BCUT2D eigenvalue weighted by atomic mass is 9.78. The number of piperidine rings is 1. The Hall–Kier alpha value is -1.57. The Morgan fingerprint density at radius 1 is 1.29 bits per heavy atom. The third kappa shape index (κ3) is 3.58. The van der Waals surface area contributed by atoms with Gasteiger partial charge in [0.1, 0.15) is 6.61 Å². The highest BCUT2D eigenvalue weighted by molar-refractivity contribution is 5.84. The Labute approximate surface area is 142 Å². The van der Waals surface area contributed by atoms with Crippen LogP contribution in [0.15, 0.2) is 12.4 Å². The topological polar surface area (TPSA) is 78.8 Å². The largest absolute Gasteiger partial charge is 0.395 e. The van der Waals surface area contributed by atoms with Crippen molar-refractivity contribution in [2.45, 2.75) is 32.4 Å². The second-order valence-corrected chi connectivity index (χ2v) is 6.80. The van der Waals surface area contributed by atoms with Gasteiger partial charge < -0.3 is 14.7 Å². The summed E-state index contributed by atoms with van der Waals surface area (Å²) < 4.78 is 5.02. The van der Waals surface area contributed by atoms with Crippen LogP contribution in [-0.2, 0) is 22.7 Å². The first-order chi connectivity index (χ1) is 11.7. The van der Waals surface area contributed by atoms with E-state index in [0.717, 1.165) is 51.0 Å². The number of aliphatic hydroxyl groups is 1. The Morgan fingerprint density at radius 3 is 2.79 bits per heavy atom. The van der Waals surface area contributed by atoms with Crippen LogP contribution in [0.25, 0.3) is 0 Å². The number of carbonyl (C=O) groups is 1. The van der Waals surface area contributed by atoms with E-state index in [9.17, 15) is 4.79 Å². The molecule has 2 saturated heterocycles. The second kappa shape index (κ2) is 7.55. The Bertz CT molecular complexity index is 563. The standard InChI is InChI=1S/C17H26N4O3/c1-24-12-15-18-9-14(10-19-15)11-20-6-4-17(13-20)3-2-5-21(7-8-22)16(17)23/h9-10,22H,2-8,11-13H2,1H3. The summed E-state index contributed by atoms with van der Waals surface area (Å²) in [6.07, 6.45) is 6.55. The van der Waals surface area contributed by atoms with Crippen molar-refractivity contribution in [3.8, 4) is 0 Å². The molecule has 1 aromatic heterocycles. The minimum atomic E-state index is -0.260. The number of nitrogens with zero attached hydrogens (tertiary/aromatic N) is 4. The number of amides is 1. The molecule has 0 aromatic carbocycles. The average Bonchev–Trinajstić information content (AvgIpc) is 2.98. The summed E-state index contributed by atoms with van der Waals surface area (Å²) in [5, 5.41) is 9.15. The van der Waals surface area contributed by atoms with Crippen LogP contribution in [0, 0.1) is 5.41 Å². The first kappa shape index (κ1) is 17.3. The Kier molecular flexibility index (Phi) is 5.43. The van der Waals surface area contributed by atoms with Gasteiger partial charge in [0, 0.05) is 51.2 Å². The summed E-state index contributed by atoms with van der Waals surface area (Å²) in [5.74, 6) is 0.901. The molecule has 7 nitrogen and oxygen atoms in total. The SMILES string of the molecule is COCc1ncc(CN2CCC3(CCCN(CCO)C3=O)C2)cn1. The minimum absolute atomic E-state index is 0.0384. The number of hydrogen-bond acceptors (Lipinski definition) is 6. The molecule has 2 fully saturated rings. The maximum atomic E-state index is 12.8. The highest BCUT2D eigenvalue weighted by Crippen LogP contribution is 2.40. The molecule has 1 amide bonds. The van der Waals surface area contributed by atoms with E-state index in [0.29, 0.717) is 19.0 Å². The Balaban J connectivity index is 1.61. The van der Waals surface area contributed by atoms with E-state index >= 15 is 0 Å². The molecule has 132 valence electrons. The summed E-state index contributed by atoms with van der Waals surface area (Å²) in [4.78, 5) is 25.5. The van der Waals surface area contributed by atoms with E-state index < -0.39 is 0 Å². The minimum Gasteiger partial charge on any atom is -0.395 e. The fraction of sp³-hybridized carbons (Fsp3) is 0.706. The van der Waals surface area contributed by atoms with Crippen molar-refractivity contribution in [1.82, 2.24) is 19.8 Å². The summed E-state index contributed by atoms with van der Waals surface area (Å²) in [6, 6.07) is 0. The normalized spacial score (nSPS) is 24.9. The van der Waals surface area contributed by atoms with E-state index in [1.807, 2.05) is 17.3 Å². The van der Waals surface area contributed by atoms with E-state index in [1.165, 1.54) is 0 Å². The van der Waals surface area contributed by atoms with Crippen molar-refractivity contribution in [3.05, 3.63) is 23.8 Å². The summed E-state index contributed by atoms with van der Waals surface area (Å²) in [6.45, 7) is 4.15. The average molecular weight is 334 g/mol. The third-order valence-corrected chi connectivity index (χ3v) is 5.07. The van der Waals surface area contributed by atoms with Gasteiger partial charge >= 0.3 is 0 Å². The molecule has 1 atom stereocenters. The van der Waals surface area contributed by atoms with E-state index in [-0.39, 0.29) is 17.9 Å². The molecule has 24 heavy (non-hydrogen) atoms. The summed E-state index contributed by atoms with van der Waals surface area (Å²) >= 11 is 0. The number of likely N-dealkylation sites (tertiary alicyclic amines) is 2. The molecular weight excluding hydrogens is 308 g/mol. The molecule has 1 N–H and O–H groups in total. The number of aromatic nitrogens is 2. The maximum Gasteiger partial charge on any atom is 0.230 e. The maximum absolute atomic E-state index is 12.8. The highest BCUT2D eigenvalue weighted by atomic mass is 16.5. The molecule has 2 aliphatic rings. The van der Waals surface area contributed by atoms with Crippen LogP contribution >= 0.6 is 0 Å². The first-order valence-corrected chi connectivity index (χ1v) is 8.58. The van der Waals surface area contributed by atoms with Crippen LogP contribution in [0.1, 0.15) is 30.7 Å². The molecule has 1 unspecified atom stereocenters. The quantitative estimate of drug-likeness (QED) is 0.813. The van der Waals surface area contributed by atoms with E-state index in [1.54, 1.807) is 7.11 Å². The third-order valence-electron chi connectivity index (χ3n) is 5.07. The molecule has 0 aliphatic carbocycles. The van der Waals surface area contributed by atoms with Crippen LogP contribution in [-0.4, -0.2) is 70.7 Å². The lowest BCUT2D eigenvalue weighted by Gasteiger charge is -2.39. The number of ether oxygens (including phenoxy) is 1. The van der Waals surface area contributed by atoms with E-state index in [4.69, 9.17) is 9.84 Å². The van der Waals surface area contributed by atoms with Gasteiger partial charge in [-0.05, 0) is 25.8 Å². The zero-order valence-corrected chi connectivity index (χ0v) is 14.3. The molecule has 1 aromatic rings. The highest BCUT2D eigenvalue weighted by Gasteiger charge is 2.47. The van der Waals surface area contributed by atoms with Gasteiger partial charge in [-0.1, -0.05) is 0 Å². The van der Waals surface area contributed by atoms with Crippen LogP contribution in [0.3, 0.4) is 0 Å². The van der Waals surface area contributed by atoms with Gasteiger partial charge in [0.15, 0.2) is 5.82 Å². The van der Waals surface area contributed by atoms with E-state index in [2.05, 4.69) is 14.9 Å². The van der Waals surface area contributed by atoms with Gasteiger partial charge in [-0.3, -0.25) is 9.69 Å². The molecule has 3 heterocycles. The predicted octanol–water partition coefficient (Wildman–Crippen LogP) is 0.430. The van der Waals surface area contributed by atoms with Crippen molar-refractivity contribution in [2.24, 2.45) is 5.41 Å². The zero-order chi connectivity index (χ0) is 17.0. The van der Waals surface area contributed by atoms with Crippen molar-refractivity contribution >= 4 is 5.91 Å². The molecule has 3 rings (SSSR count). The molecule has 0 saturated carbocycles. The number of methoxy groups -OCH3 is 1. The van der Waals surface area contributed by atoms with Crippen molar-refractivity contribution in [3.63, 3.8) is 0 Å². The van der Waals surface area contributed by atoms with Gasteiger partial charge in [0.2, 0.25) is 5.91 Å². The van der Waals surface area contributed by atoms with Gasteiger partial charge in [-0.25, -0.2) is 9.97 Å². The zero-order valence-electron chi connectivity index (χ0n) is 14.3. The summed E-state index contributed by atoms with van der Waals surface area (Å²) in [7, 11) is 1.63. The van der Waals surface area contributed by atoms with Crippen molar-refractivity contribution in [1.29, 1.82) is 0 Å². The number of carbonyl (C=O) groups excluding carboxylic acids is 1. The lowest BCUT2D eigenvalue weighted by molar-refractivity contribution is -0.146. The second-order valence-electron chi connectivity index (χ2n) is 6.80. The lowest BCUT2D eigenvalue weighted by Crippen LogP contribution is -2.50. The first-order valence-electron chi connectivity index (χ1n) is 8.58. The number of rotatable bonds is 6. The smallest absolute Gasteiger partial charge is 0.230 e. The molecule has 0 bridgehead atoms. The van der Waals surface area contributed by atoms with Gasteiger partial charge in [-0.15, -0.1) is 0 Å². The van der Waals surface area contributed by atoms with Crippen molar-refractivity contribution in [2.75, 3.05) is 39.9 Å².